The Morgan fingerprint density at radius 3 is 2.54 bits per heavy atom. The van der Waals surface area contributed by atoms with Crippen LogP contribution in [-0.2, 0) is 9.47 Å². The Bertz CT molecular complexity index is 448. The molecule has 0 aromatic rings. The predicted molar refractivity (Wildman–Crippen MR) is 100.0 cm³/mol. The molecule has 4 atom stereocenters. The first kappa shape index (κ1) is 20.8. The summed E-state index contributed by atoms with van der Waals surface area (Å²) < 4.78 is 11.4. The van der Waals surface area contributed by atoms with E-state index < -0.39 is 11.8 Å². The molecule has 0 amide bonds. The average molecular weight is 337 g/mol. The van der Waals surface area contributed by atoms with E-state index in [4.69, 9.17) is 9.47 Å². The molecular weight excluding hydrogens is 300 g/mol. The standard InChI is InChI=1S/C21H36O3/c1-8-21(7,13-9-10-15(2)3)24-20(22)23-19-14-17(6)11-12-18(19)16(4)5/h8,10,16-19H,1,9,11-14H2,2-7H3/t17-,18+,19-,21?/m1/s1. The summed E-state index contributed by atoms with van der Waals surface area (Å²) in [6.45, 7) is 16.5. The minimum Gasteiger partial charge on any atom is -0.431 e. The molecule has 0 radical (unpaired) electrons. The molecular formula is C21H36O3. The SMILES string of the molecule is C=CC(C)(CCC=C(C)C)OC(=O)O[C@@H]1C[C@H](C)CC[C@H]1C(C)C. The van der Waals surface area contributed by atoms with Crippen LogP contribution in [-0.4, -0.2) is 17.9 Å². The van der Waals surface area contributed by atoms with Crippen molar-refractivity contribution in [1.82, 2.24) is 0 Å². The maximum absolute atomic E-state index is 12.3. The molecule has 24 heavy (non-hydrogen) atoms. The maximum Gasteiger partial charge on any atom is 0.509 e. The van der Waals surface area contributed by atoms with Crippen molar-refractivity contribution in [2.75, 3.05) is 0 Å². The summed E-state index contributed by atoms with van der Waals surface area (Å²) in [6, 6.07) is 0. The number of hydrogen-bond acceptors (Lipinski definition) is 3. The third-order valence-electron chi connectivity index (χ3n) is 5.15. The fourth-order valence-corrected chi connectivity index (χ4v) is 3.43. The van der Waals surface area contributed by atoms with Crippen molar-refractivity contribution in [2.24, 2.45) is 17.8 Å². The molecule has 3 nitrogen and oxygen atoms in total. The van der Waals surface area contributed by atoms with Crippen LogP contribution in [0.15, 0.2) is 24.3 Å². The minimum absolute atomic E-state index is 0.0342. The Labute approximate surface area is 148 Å². The van der Waals surface area contributed by atoms with E-state index in [2.05, 4.69) is 47.3 Å². The summed E-state index contributed by atoms with van der Waals surface area (Å²) in [7, 11) is 0. The Hall–Kier alpha value is -1.25. The molecule has 0 aromatic heterocycles. The summed E-state index contributed by atoms with van der Waals surface area (Å²) in [5.41, 5.74) is 0.580. The number of ether oxygens (including phenoxy) is 2. The molecule has 1 aliphatic rings. The smallest absolute Gasteiger partial charge is 0.431 e. The van der Waals surface area contributed by atoms with Crippen molar-refractivity contribution in [3.8, 4) is 0 Å². The summed E-state index contributed by atoms with van der Waals surface area (Å²) >= 11 is 0. The minimum atomic E-state index is -0.684. The van der Waals surface area contributed by atoms with Gasteiger partial charge in [-0.2, -0.15) is 0 Å². The summed E-state index contributed by atoms with van der Waals surface area (Å²) in [5, 5.41) is 0. The van der Waals surface area contributed by atoms with E-state index in [1.807, 2.05) is 6.92 Å². The number of hydrogen-bond donors (Lipinski definition) is 0. The lowest BCUT2D eigenvalue weighted by molar-refractivity contribution is -0.0590. The van der Waals surface area contributed by atoms with Gasteiger partial charge in [-0.15, -0.1) is 0 Å². The molecule has 1 unspecified atom stereocenters. The first-order valence-electron chi connectivity index (χ1n) is 9.33. The second kappa shape index (κ2) is 9.29. The molecule has 0 spiro atoms. The van der Waals surface area contributed by atoms with Gasteiger partial charge in [-0.05, 0) is 70.3 Å². The van der Waals surface area contributed by atoms with E-state index >= 15 is 0 Å². The maximum atomic E-state index is 12.3. The van der Waals surface area contributed by atoms with Gasteiger partial charge in [0.25, 0.3) is 0 Å². The van der Waals surface area contributed by atoms with Crippen molar-refractivity contribution in [3.05, 3.63) is 24.3 Å². The topological polar surface area (TPSA) is 35.5 Å². The fourth-order valence-electron chi connectivity index (χ4n) is 3.43. The summed E-state index contributed by atoms with van der Waals surface area (Å²) in [5.74, 6) is 1.54. The molecule has 1 saturated carbocycles. The summed E-state index contributed by atoms with van der Waals surface area (Å²) in [6.07, 6.45) is 8.09. The van der Waals surface area contributed by atoms with E-state index in [1.165, 1.54) is 12.0 Å². The quantitative estimate of drug-likeness (QED) is 0.405. The van der Waals surface area contributed by atoms with Crippen LogP contribution < -0.4 is 0 Å². The fraction of sp³-hybridized carbons (Fsp3) is 0.762. The third kappa shape index (κ3) is 6.70. The lowest BCUT2D eigenvalue weighted by Crippen LogP contribution is -2.38. The number of carbonyl (C=O) groups is 1. The Morgan fingerprint density at radius 1 is 1.33 bits per heavy atom. The van der Waals surface area contributed by atoms with Crippen LogP contribution in [0.3, 0.4) is 0 Å². The molecule has 138 valence electrons. The van der Waals surface area contributed by atoms with E-state index in [1.54, 1.807) is 6.08 Å². The van der Waals surface area contributed by atoms with Gasteiger partial charge in [-0.25, -0.2) is 4.79 Å². The van der Waals surface area contributed by atoms with Gasteiger partial charge in [0.2, 0.25) is 0 Å². The van der Waals surface area contributed by atoms with E-state index in [0.29, 0.717) is 24.2 Å². The molecule has 1 rings (SSSR count). The van der Waals surface area contributed by atoms with Crippen molar-refractivity contribution < 1.29 is 14.3 Å². The van der Waals surface area contributed by atoms with Crippen molar-refractivity contribution in [1.29, 1.82) is 0 Å². The Balaban J connectivity index is 2.64. The Morgan fingerprint density at radius 2 is 2.00 bits per heavy atom. The largest absolute Gasteiger partial charge is 0.509 e. The van der Waals surface area contributed by atoms with E-state index in [0.717, 1.165) is 19.3 Å². The molecule has 0 heterocycles. The normalized spacial score (nSPS) is 26.4. The van der Waals surface area contributed by atoms with Crippen molar-refractivity contribution >= 4 is 6.16 Å². The molecule has 0 aromatic carbocycles. The van der Waals surface area contributed by atoms with Crippen LogP contribution in [0.25, 0.3) is 0 Å². The van der Waals surface area contributed by atoms with E-state index in [9.17, 15) is 4.79 Å². The van der Waals surface area contributed by atoms with Crippen LogP contribution in [0, 0.1) is 17.8 Å². The number of allylic oxidation sites excluding steroid dienone is 2. The van der Waals surface area contributed by atoms with Gasteiger partial charge in [-0.3, -0.25) is 0 Å². The molecule has 0 saturated heterocycles. The molecule has 0 aliphatic heterocycles. The third-order valence-corrected chi connectivity index (χ3v) is 5.15. The van der Waals surface area contributed by atoms with Gasteiger partial charge >= 0.3 is 6.16 Å². The van der Waals surface area contributed by atoms with Gasteiger partial charge in [0, 0.05) is 0 Å². The molecule has 0 N–H and O–H groups in total. The van der Waals surface area contributed by atoms with E-state index in [-0.39, 0.29) is 6.10 Å². The van der Waals surface area contributed by atoms with Crippen LogP contribution in [0.2, 0.25) is 0 Å². The highest BCUT2D eigenvalue weighted by Crippen LogP contribution is 2.35. The number of rotatable bonds is 7. The first-order valence-corrected chi connectivity index (χ1v) is 9.33. The first-order chi connectivity index (χ1) is 11.2. The zero-order valence-electron chi connectivity index (χ0n) is 16.4. The molecule has 1 fully saturated rings. The van der Waals surface area contributed by atoms with Gasteiger partial charge in [0.15, 0.2) is 0 Å². The second-order valence-electron chi connectivity index (χ2n) is 8.17. The zero-order valence-corrected chi connectivity index (χ0v) is 16.4. The molecule has 1 aliphatic carbocycles. The van der Waals surface area contributed by atoms with Crippen LogP contribution in [0.4, 0.5) is 4.79 Å². The monoisotopic (exact) mass is 336 g/mol. The Kier molecular flexibility index (Phi) is 8.05. The van der Waals surface area contributed by atoms with Crippen LogP contribution >= 0.6 is 0 Å². The summed E-state index contributed by atoms with van der Waals surface area (Å²) in [4.78, 5) is 12.3. The second-order valence-corrected chi connectivity index (χ2v) is 8.17. The van der Waals surface area contributed by atoms with Crippen LogP contribution in [0.5, 0.6) is 0 Å². The van der Waals surface area contributed by atoms with Gasteiger partial charge in [0.05, 0.1) is 0 Å². The number of carbonyl (C=O) groups excluding carboxylic acids is 1. The van der Waals surface area contributed by atoms with Crippen LogP contribution in [0.1, 0.15) is 73.6 Å². The highest BCUT2D eigenvalue weighted by atomic mass is 16.7. The molecule has 0 bridgehead atoms. The zero-order chi connectivity index (χ0) is 18.3. The highest BCUT2D eigenvalue weighted by molar-refractivity contribution is 5.61. The lowest BCUT2D eigenvalue weighted by Gasteiger charge is -2.37. The van der Waals surface area contributed by atoms with Gasteiger partial charge < -0.3 is 9.47 Å². The molecule has 3 heteroatoms. The lowest BCUT2D eigenvalue weighted by atomic mass is 9.75. The highest BCUT2D eigenvalue weighted by Gasteiger charge is 2.35. The van der Waals surface area contributed by atoms with Gasteiger partial charge in [0.1, 0.15) is 11.7 Å². The van der Waals surface area contributed by atoms with Gasteiger partial charge in [-0.1, -0.05) is 45.4 Å². The van der Waals surface area contributed by atoms with Crippen molar-refractivity contribution in [2.45, 2.75) is 85.4 Å². The average Bonchev–Trinajstić information content (AvgIpc) is 2.46. The van der Waals surface area contributed by atoms with Crippen molar-refractivity contribution in [3.63, 3.8) is 0 Å². The predicted octanol–water partition coefficient (Wildman–Crippen LogP) is 6.29.